The SMILES string of the molecule is COCCOCCOCCO[C@@H](C)Cc1ccc(C(=O)OCc2ccccc2)cc1. The van der Waals surface area contributed by atoms with Crippen LogP contribution in [0.1, 0.15) is 28.4 Å². The van der Waals surface area contributed by atoms with Crippen LogP contribution < -0.4 is 0 Å². The molecule has 0 saturated carbocycles. The van der Waals surface area contributed by atoms with E-state index in [9.17, 15) is 4.79 Å². The van der Waals surface area contributed by atoms with Gasteiger partial charge in [-0.2, -0.15) is 0 Å². The van der Waals surface area contributed by atoms with Gasteiger partial charge in [0.05, 0.1) is 51.3 Å². The van der Waals surface area contributed by atoms with Crippen molar-refractivity contribution in [3.05, 3.63) is 71.3 Å². The van der Waals surface area contributed by atoms with Crippen LogP contribution in [0.4, 0.5) is 0 Å². The van der Waals surface area contributed by atoms with E-state index in [1.807, 2.05) is 49.4 Å². The van der Waals surface area contributed by atoms with Gasteiger partial charge in [-0.3, -0.25) is 0 Å². The summed E-state index contributed by atoms with van der Waals surface area (Å²) in [5, 5.41) is 0. The molecule has 0 spiro atoms. The van der Waals surface area contributed by atoms with Crippen molar-refractivity contribution < 1.29 is 28.5 Å². The Labute approximate surface area is 179 Å². The fourth-order valence-electron chi connectivity index (χ4n) is 2.75. The smallest absolute Gasteiger partial charge is 0.338 e. The van der Waals surface area contributed by atoms with E-state index in [0.29, 0.717) is 45.2 Å². The third-order valence-electron chi connectivity index (χ3n) is 4.36. The minimum atomic E-state index is -0.321. The summed E-state index contributed by atoms with van der Waals surface area (Å²) in [6.07, 6.45) is 0.821. The Morgan fingerprint density at radius 3 is 2.10 bits per heavy atom. The largest absolute Gasteiger partial charge is 0.457 e. The molecule has 1 atom stereocenters. The van der Waals surface area contributed by atoms with Crippen molar-refractivity contribution in [3.8, 4) is 0 Å². The van der Waals surface area contributed by atoms with Crippen LogP contribution in [0, 0.1) is 0 Å². The second-order valence-corrected chi connectivity index (χ2v) is 6.86. The van der Waals surface area contributed by atoms with Gasteiger partial charge in [-0.05, 0) is 36.6 Å². The Hall–Kier alpha value is -2.25. The fraction of sp³-hybridized carbons (Fsp3) is 0.458. The number of rotatable bonds is 15. The molecule has 0 aliphatic rings. The number of carbonyl (C=O) groups excluding carboxylic acids is 1. The predicted molar refractivity (Wildman–Crippen MR) is 115 cm³/mol. The molecule has 0 unspecified atom stereocenters. The Bertz CT molecular complexity index is 701. The molecule has 0 N–H and O–H groups in total. The second kappa shape index (κ2) is 14.7. The number of benzene rings is 2. The third kappa shape index (κ3) is 9.98. The first-order valence-corrected chi connectivity index (χ1v) is 10.2. The first kappa shape index (κ1) is 24.0. The standard InChI is InChI=1S/C24H32O6/c1-20(29-17-16-28-15-14-27-13-12-26-2)18-21-8-10-23(11-9-21)24(25)30-19-22-6-4-3-5-7-22/h3-11,20H,12-19H2,1-2H3/t20-/m0/s1. The summed E-state index contributed by atoms with van der Waals surface area (Å²) in [5.74, 6) is -0.321. The molecule has 0 aromatic heterocycles. The third-order valence-corrected chi connectivity index (χ3v) is 4.36. The van der Waals surface area contributed by atoms with Crippen molar-refractivity contribution in [3.63, 3.8) is 0 Å². The van der Waals surface area contributed by atoms with Gasteiger partial charge < -0.3 is 23.7 Å². The average Bonchev–Trinajstić information content (AvgIpc) is 2.77. The highest BCUT2D eigenvalue weighted by atomic mass is 16.6. The topological polar surface area (TPSA) is 63.2 Å². The van der Waals surface area contributed by atoms with Crippen molar-refractivity contribution >= 4 is 5.97 Å². The molecular formula is C24H32O6. The number of carbonyl (C=O) groups is 1. The van der Waals surface area contributed by atoms with Crippen LogP contribution in [0.5, 0.6) is 0 Å². The Morgan fingerprint density at radius 1 is 0.800 bits per heavy atom. The quantitative estimate of drug-likeness (QED) is 0.326. The van der Waals surface area contributed by atoms with Gasteiger partial charge in [0.1, 0.15) is 6.61 Å². The predicted octanol–water partition coefficient (Wildman–Crippen LogP) is 3.67. The van der Waals surface area contributed by atoms with Gasteiger partial charge in [-0.15, -0.1) is 0 Å². The molecule has 6 nitrogen and oxygen atoms in total. The molecule has 0 saturated heterocycles. The van der Waals surface area contributed by atoms with Gasteiger partial charge in [-0.25, -0.2) is 4.79 Å². The molecule has 0 amide bonds. The zero-order chi connectivity index (χ0) is 21.4. The normalized spacial score (nSPS) is 11.9. The van der Waals surface area contributed by atoms with Crippen molar-refractivity contribution in [2.24, 2.45) is 0 Å². The average molecular weight is 417 g/mol. The monoisotopic (exact) mass is 416 g/mol. The van der Waals surface area contributed by atoms with E-state index in [1.54, 1.807) is 19.2 Å². The minimum absolute atomic E-state index is 0.0578. The lowest BCUT2D eigenvalue weighted by Crippen LogP contribution is -2.17. The van der Waals surface area contributed by atoms with Crippen LogP contribution in [0.15, 0.2) is 54.6 Å². The highest BCUT2D eigenvalue weighted by Crippen LogP contribution is 2.11. The number of hydrogen-bond donors (Lipinski definition) is 0. The summed E-state index contributed by atoms with van der Waals surface area (Å²) in [4.78, 5) is 12.2. The van der Waals surface area contributed by atoms with E-state index in [-0.39, 0.29) is 18.7 Å². The van der Waals surface area contributed by atoms with Gasteiger partial charge in [0.25, 0.3) is 0 Å². The van der Waals surface area contributed by atoms with Gasteiger partial charge in [-0.1, -0.05) is 42.5 Å². The van der Waals surface area contributed by atoms with Crippen LogP contribution in [0.3, 0.4) is 0 Å². The summed E-state index contributed by atoms with van der Waals surface area (Å²) in [5.41, 5.74) is 2.62. The summed E-state index contributed by atoms with van der Waals surface area (Å²) in [6, 6.07) is 17.1. The van der Waals surface area contributed by atoms with Gasteiger partial charge in [0.15, 0.2) is 0 Å². The molecule has 30 heavy (non-hydrogen) atoms. The molecule has 0 bridgehead atoms. The van der Waals surface area contributed by atoms with Crippen LogP contribution in [0.2, 0.25) is 0 Å². The Balaban J connectivity index is 1.59. The molecule has 6 heteroatoms. The van der Waals surface area contributed by atoms with Crippen molar-refractivity contribution in [2.75, 3.05) is 46.8 Å². The number of methoxy groups -OCH3 is 1. The molecule has 164 valence electrons. The van der Waals surface area contributed by atoms with E-state index >= 15 is 0 Å². The fourth-order valence-corrected chi connectivity index (χ4v) is 2.75. The molecular weight excluding hydrogens is 384 g/mol. The summed E-state index contributed by atoms with van der Waals surface area (Å²) in [7, 11) is 1.65. The lowest BCUT2D eigenvalue weighted by Gasteiger charge is -2.14. The molecule has 0 radical (unpaired) electrons. The molecule has 0 aliphatic heterocycles. The lowest BCUT2D eigenvalue weighted by molar-refractivity contribution is -0.0117. The number of hydrogen-bond acceptors (Lipinski definition) is 6. The zero-order valence-electron chi connectivity index (χ0n) is 17.9. The van der Waals surface area contributed by atoms with Crippen LogP contribution in [0.25, 0.3) is 0 Å². The van der Waals surface area contributed by atoms with E-state index in [0.717, 1.165) is 17.5 Å². The molecule has 2 aromatic rings. The maximum Gasteiger partial charge on any atom is 0.338 e. The van der Waals surface area contributed by atoms with E-state index in [4.69, 9.17) is 23.7 Å². The van der Waals surface area contributed by atoms with Crippen LogP contribution >= 0.6 is 0 Å². The van der Waals surface area contributed by atoms with Gasteiger partial charge in [0, 0.05) is 7.11 Å². The maximum atomic E-state index is 12.2. The lowest BCUT2D eigenvalue weighted by atomic mass is 10.1. The van der Waals surface area contributed by atoms with E-state index < -0.39 is 0 Å². The Kier molecular flexibility index (Phi) is 11.8. The summed E-state index contributed by atoms with van der Waals surface area (Å²) in [6.45, 7) is 5.63. The number of ether oxygens (including phenoxy) is 5. The van der Waals surface area contributed by atoms with Crippen molar-refractivity contribution in [1.82, 2.24) is 0 Å². The maximum absolute atomic E-state index is 12.2. The molecule has 0 heterocycles. The van der Waals surface area contributed by atoms with Gasteiger partial charge >= 0.3 is 5.97 Å². The molecule has 0 aliphatic carbocycles. The zero-order valence-corrected chi connectivity index (χ0v) is 17.9. The van der Waals surface area contributed by atoms with E-state index in [1.165, 1.54) is 0 Å². The molecule has 2 aromatic carbocycles. The number of esters is 1. The van der Waals surface area contributed by atoms with Crippen LogP contribution in [-0.4, -0.2) is 58.8 Å². The highest BCUT2D eigenvalue weighted by molar-refractivity contribution is 5.89. The van der Waals surface area contributed by atoms with E-state index in [2.05, 4.69) is 0 Å². The first-order valence-electron chi connectivity index (χ1n) is 10.2. The summed E-state index contributed by atoms with van der Waals surface area (Å²) < 4.78 is 26.8. The minimum Gasteiger partial charge on any atom is -0.457 e. The Morgan fingerprint density at radius 2 is 1.43 bits per heavy atom. The molecule has 2 rings (SSSR count). The van der Waals surface area contributed by atoms with Crippen molar-refractivity contribution in [1.29, 1.82) is 0 Å². The van der Waals surface area contributed by atoms with Crippen molar-refractivity contribution in [2.45, 2.75) is 26.1 Å². The van der Waals surface area contributed by atoms with Gasteiger partial charge in [0.2, 0.25) is 0 Å². The first-order chi connectivity index (χ1) is 14.7. The second-order valence-electron chi connectivity index (χ2n) is 6.86. The van der Waals surface area contributed by atoms with Crippen LogP contribution in [-0.2, 0) is 36.7 Å². The molecule has 0 fully saturated rings. The highest BCUT2D eigenvalue weighted by Gasteiger charge is 2.09. The summed E-state index contributed by atoms with van der Waals surface area (Å²) >= 11 is 0.